The molecular weight excluding hydrogens is 459 g/mol. The van der Waals surface area contributed by atoms with Crippen LogP contribution in [0, 0.1) is 0 Å². The minimum Gasteiger partial charge on any atom is -0.469 e. The molecule has 0 saturated heterocycles. The van der Waals surface area contributed by atoms with E-state index in [4.69, 9.17) is 27.9 Å². The molecule has 0 bridgehead atoms. The summed E-state index contributed by atoms with van der Waals surface area (Å²) in [5, 5.41) is 5.83. The Morgan fingerprint density at radius 1 is 0.939 bits per heavy atom. The summed E-state index contributed by atoms with van der Waals surface area (Å²) in [7, 11) is 1.35. The summed E-state index contributed by atoms with van der Waals surface area (Å²) in [6.07, 6.45) is 1.66. The number of aromatic nitrogens is 1. The van der Waals surface area contributed by atoms with Crippen molar-refractivity contribution in [1.82, 2.24) is 4.98 Å². The van der Waals surface area contributed by atoms with Gasteiger partial charge in [-0.2, -0.15) is 0 Å². The zero-order valence-electron chi connectivity index (χ0n) is 17.8. The molecule has 1 heterocycles. The Labute approximate surface area is 201 Å². The lowest BCUT2D eigenvalue weighted by molar-refractivity contribution is -0.139. The molecule has 0 unspecified atom stereocenters. The lowest BCUT2D eigenvalue weighted by Crippen LogP contribution is -2.09. The molecule has 0 radical (unpaired) electrons. The second-order valence-electron chi connectivity index (χ2n) is 7.44. The predicted octanol–water partition coefficient (Wildman–Crippen LogP) is 6.10. The van der Waals surface area contributed by atoms with Crippen LogP contribution in [0.5, 0.6) is 0 Å². The number of carbonyl (C=O) groups is 2. The molecule has 7 heteroatoms. The maximum atomic E-state index is 13.2. The monoisotopic (exact) mass is 478 g/mol. The summed E-state index contributed by atoms with van der Waals surface area (Å²) < 4.78 is 4.77. The average molecular weight is 479 g/mol. The molecule has 5 nitrogen and oxygen atoms in total. The maximum absolute atomic E-state index is 13.2. The fraction of sp³-hybridized carbons (Fsp3) is 0.115. The van der Waals surface area contributed by atoms with Crippen molar-refractivity contribution in [1.29, 1.82) is 0 Å². The number of methoxy groups -OCH3 is 1. The molecule has 3 aromatic carbocycles. The summed E-state index contributed by atoms with van der Waals surface area (Å²) in [4.78, 5) is 29.3. The number of benzene rings is 3. The normalized spacial score (nSPS) is 10.8. The number of pyridine rings is 1. The summed E-state index contributed by atoms with van der Waals surface area (Å²) in [5.41, 5.74) is 3.44. The number of anilines is 1. The Morgan fingerprint density at radius 2 is 1.67 bits per heavy atom. The predicted molar refractivity (Wildman–Crippen MR) is 131 cm³/mol. The molecule has 4 aromatic rings. The molecule has 0 aliphatic rings. The van der Waals surface area contributed by atoms with E-state index in [1.165, 1.54) is 7.11 Å². The minimum atomic E-state index is -0.356. The topological polar surface area (TPSA) is 68.3 Å². The van der Waals surface area contributed by atoms with Gasteiger partial charge in [0.05, 0.1) is 23.6 Å². The van der Waals surface area contributed by atoms with Crippen molar-refractivity contribution >= 4 is 51.4 Å². The van der Waals surface area contributed by atoms with Gasteiger partial charge in [0.1, 0.15) is 5.69 Å². The van der Waals surface area contributed by atoms with Gasteiger partial charge in [-0.1, -0.05) is 53.5 Å². The van der Waals surface area contributed by atoms with E-state index in [0.29, 0.717) is 33.2 Å². The average Bonchev–Trinajstić information content (AvgIpc) is 2.85. The number of nitrogens with zero attached hydrogens (tertiary/aromatic N) is 1. The molecule has 0 fully saturated rings. The number of ketones is 1. The summed E-state index contributed by atoms with van der Waals surface area (Å²) >= 11 is 12.0. The molecule has 0 aliphatic heterocycles. The zero-order chi connectivity index (χ0) is 23.4. The van der Waals surface area contributed by atoms with Crippen LogP contribution in [0.1, 0.15) is 27.2 Å². The summed E-state index contributed by atoms with van der Waals surface area (Å²) in [6, 6.07) is 20.1. The number of nitrogens with one attached hydrogen (secondary N) is 1. The molecule has 0 amide bonds. The van der Waals surface area contributed by atoms with Gasteiger partial charge in [-0.15, -0.1) is 0 Å². The van der Waals surface area contributed by atoms with E-state index in [1.807, 2.05) is 48.5 Å². The Hall–Kier alpha value is -3.41. The standard InChI is InChI=1S/C26H20Cl2N2O3/c1-33-24(31)13-18-15-30-25(21-5-3-2-4-20(18)21)26(32)17-7-9-19(10-8-17)29-14-16-6-11-22(27)23(28)12-16/h2-12,15,29H,13-14H2,1H3. The first-order chi connectivity index (χ1) is 16.0. The number of hydrogen-bond donors (Lipinski definition) is 1. The van der Waals surface area contributed by atoms with Crippen LogP contribution in [0.3, 0.4) is 0 Å². The lowest BCUT2D eigenvalue weighted by atomic mass is 9.98. The van der Waals surface area contributed by atoms with E-state index in [2.05, 4.69) is 10.3 Å². The third kappa shape index (κ3) is 5.16. The number of hydrogen-bond acceptors (Lipinski definition) is 5. The molecular formula is C26H20Cl2N2O3. The van der Waals surface area contributed by atoms with Gasteiger partial charge in [-0.05, 0) is 52.9 Å². The van der Waals surface area contributed by atoms with Crippen molar-refractivity contribution in [3.05, 3.63) is 105 Å². The Morgan fingerprint density at radius 3 is 2.36 bits per heavy atom. The van der Waals surface area contributed by atoms with Gasteiger partial charge >= 0.3 is 5.97 Å². The highest BCUT2D eigenvalue weighted by atomic mass is 35.5. The van der Waals surface area contributed by atoms with Gasteiger partial charge in [0.15, 0.2) is 0 Å². The number of fused-ring (bicyclic) bond motifs is 1. The first-order valence-corrected chi connectivity index (χ1v) is 11.0. The first-order valence-electron chi connectivity index (χ1n) is 10.2. The summed E-state index contributed by atoms with van der Waals surface area (Å²) in [6.45, 7) is 0.567. The van der Waals surface area contributed by atoms with Crippen molar-refractivity contribution in [2.75, 3.05) is 12.4 Å². The minimum absolute atomic E-state index is 0.0949. The van der Waals surface area contributed by atoms with Gasteiger partial charge in [0.25, 0.3) is 0 Å². The fourth-order valence-corrected chi connectivity index (χ4v) is 3.85. The van der Waals surface area contributed by atoms with E-state index >= 15 is 0 Å². The van der Waals surface area contributed by atoms with Crippen LogP contribution >= 0.6 is 23.2 Å². The third-order valence-corrected chi connectivity index (χ3v) is 6.02. The third-order valence-electron chi connectivity index (χ3n) is 5.28. The smallest absolute Gasteiger partial charge is 0.310 e. The van der Waals surface area contributed by atoms with E-state index in [-0.39, 0.29) is 18.2 Å². The number of rotatable bonds is 7. The molecule has 1 N–H and O–H groups in total. The second kappa shape index (κ2) is 10.0. The maximum Gasteiger partial charge on any atom is 0.310 e. The van der Waals surface area contributed by atoms with Gasteiger partial charge < -0.3 is 10.1 Å². The molecule has 0 atom stereocenters. The molecule has 0 spiro atoms. The van der Waals surface area contributed by atoms with E-state index in [0.717, 1.165) is 22.2 Å². The Kier molecular flexibility index (Phi) is 6.92. The van der Waals surface area contributed by atoms with Crippen molar-refractivity contribution in [2.24, 2.45) is 0 Å². The Bertz CT molecular complexity index is 1340. The quantitative estimate of drug-likeness (QED) is 0.256. The summed E-state index contributed by atoms with van der Waals surface area (Å²) in [5.74, 6) is -0.545. The van der Waals surface area contributed by atoms with Crippen molar-refractivity contribution in [3.8, 4) is 0 Å². The second-order valence-corrected chi connectivity index (χ2v) is 8.25. The van der Waals surface area contributed by atoms with E-state index in [1.54, 1.807) is 24.4 Å². The van der Waals surface area contributed by atoms with Crippen molar-refractivity contribution in [3.63, 3.8) is 0 Å². The van der Waals surface area contributed by atoms with Crippen LogP contribution in [0.2, 0.25) is 10.0 Å². The molecule has 33 heavy (non-hydrogen) atoms. The lowest BCUT2D eigenvalue weighted by Gasteiger charge is -2.11. The largest absolute Gasteiger partial charge is 0.469 e. The molecule has 1 aromatic heterocycles. The molecule has 0 aliphatic carbocycles. The molecule has 166 valence electrons. The van der Waals surface area contributed by atoms with Gasteiger partial charge in [0, 0.05) is 29.4 Å². The van der Waals surface area contributed by atoms with E-state index in [9.17, 15) is 9.59 Å². The van der Waals surface area contributed by atoms with Crippen LogP contribution in [0.15, 0.2) is 72.9 Å². The highest BCUT2D eigenvalue weighted by Gasteiger charge is 2.17. The SMILES string of the molecule is COC(=O)Cc1cnc(C(=O)c2ccc(NCc3ccc(Cl)c(Cl)c3)cc2)c2ccccc12. The highest BCUT2D eigenvalue weighted by molar-refractivity contribution is 6.42. The van der Waals surface area contributed by atoms with Crippen LogP contribution in [-0.2, 0) is 22.5 Å². The van der Waals surface area contributed by atoms with Gasteiger partial charge in [0.2, 0.25) is 5.78 Å². The first kappa shape index (κ1) is 22.8. The van der Waals surface area contributed by atoms with Crippen LogP contribution in [-0.4, -0.2) is 23.8 Å². The number of halogens is 2. The Balaban J connectivity index is 1.54. The van der Waals surface area contributed by atoms with Gasteiger partial charge in [-0.3, -0.25) is 14.6 Å². The number of carbonyl (C=O) groups excluding carboxylic acids is 2. The van der Waals surface area contributed by atoms with Crippen molar-refractivity contribution < 1.29 is 14.3 Å². The van der Waals surface area contributed by atoms with Crippen molar-refractivity contribution in [2.45, 2.75) is 13.0 Å². The van der Waals surface area contributed by atoms with Crippen LogP contribution < -0.4 is 5.32 Å². The van der Waals surface area contributed by atoms with Crippen LogP contribution in [0.4, 0.5) is 5.69 Å². The molecule has 4 rings (SSSR count). The number of esters is 1. The highest BCUT2D eigenvalue weighted by Crippen LogP contribution is 2.25. The fourth-order valence-electron chi connectivity index (χ4n) is 3.53. The zero-order valence-corrected chi connectivity index (χ0v) is 19.3. The number of ether oxygens (including phenoxy) is 1. The molecule has 0 saturated carbocycles. The van der Waals surface area contributed by atoms with Gasteiger partial charge in [-0.25, -0.2) is 0 Å². The van der Waals surface area contributed by atoms with E-state index < -0.39 is 0 Å². The van der Waals surface area contributed by atoms with Crippen LogP contribution in [0.25, 0.3) is 10.8 Å².